The first-order valence-corrected chi connectivity index (χ1v) is 10.5. The molecule has 1 amide bonds. The molecule has 1 saturated carbocycles. The van der Waals surface area contributed by atoms with Crippen LogP contribution in [-0.2, 0) is 11.3 Å². The molecule has 1 aromatic rings. The second-order valence-electron chi connectivity index (χ2n) is 8.55. The number of carbonyl (C=O) groups is 1. The monoisotopic (exact) mass is 355 g/mol. The molecule has 0 aromatic heterocycles. The number of rotatable bonds is 5. The van der Waals surface area contributed by atoms with Crippen molar-refractivity contribution in [3.8, 4) is 0 Å². The van der Waals surface area contributed by atoms with Gasteiger partial charge in [0, 0.05) is 25.2 Å². The summed E-state index contributed by atoms with van der Waals surface area (Å²) in [5, 5.41) is 3.21. The number of carbonyl (C=O) groups excluding carboxylic acids is 1. The highest BCUT2D eigenvalue weighted by Crippen LogP contribution is 2.26. The molecule has 0 unspecified atom stereocenters. The normalized spacial score (nSPS) is 26.0. The van der Waals surface area contributed by atoms with Crippen molar-refractivity contribution in [2.24, 2.45) is 5.92 Å². The minimum Gasteiger partial charge on any atom is -0.353 e. The number of hydrogen-bond donors (Lipinski definition) is 1. The second kappa shape index (κ2) is 8.10. The quantitative estimate of drug-likeness (QED) is 0.882. The van der Waals surface area contributed by atoms with E-state index in [2.05, 4.69) is 46.3 Å². The number of piperidine rings is 2. The van der Waals surface area contributed by atoms with E-state index < -0.39 is 0 Å². The fraction of sp³-hybridized carbons (Fsp3) is 0.682. The van der Waals surface area contributed by atoms with Gasteiger partial charge in [-0.3, -0.25) is 14.6 Å². The van der Waals surface area contributed by atoms with Crippen molar-refractivity contribution >= 4 is 5.91 Å². The van der Waals surface area contributed by atoms with E-state index in [1.165, 1.54) is 62.9 Å². The van der Waals surface area contributed by atoms with E-state index in [1.807, 2.05) is 0 Å². The molecule has 142 valence electrons. The van der Waals surface area contributed by atoms with Crippen LogP contribution in [0.1, 0.15) is 49.7 Å². The molecule has 26 heavy (non-hydrogen) atoms. The average molecular weight is 356 g/mol. The zero-order valence-electron chi connectivity index (χ0n) is 16.1. The van der Waals surface area contributed by atoms with Gasteiger partial charge in [0.05, 0.1) is 5.92 Å². The van der Waals surface area contributed by atoms with Crippen molar-refractivity contribution in [3.63, 3.8) is 0 Å². The summed E-state index contributed by atoms with van der Waals surface area (Å²) in [4.78, 5) is 17.6. The molecule has 2 heterocycles. The molecule has 4 nitrogen and oxygen atoms in total. The summed E-state index contributed by atoms with van der Waals surface area (Å²) in [5.41, 5.74) is 2.86. The first-order chi connectivity index (χ1) is 12.7. The zero-order valence-corrected chi connectivity index (χ0v) is 16.1. The van der Waals surface area contributed by atoms with Crippen LogP contribution in [0, 0.1) is 12.8 Å². The van der Waals surface area contributed by atoms with Crippen LogP contribution >= 0.6 is 0 Å². The number of hydrogen-bond acceptors (Lipinski definition) is 3. The Bertz CT molecular complexity index is 620. The Kier molecular flexibility index (Phi) is 5.60. The van der Waals surface area contributed by atoms with E-state index in [0.717, 1.165) is 19.5 Å². The van der Waals surface area contributed by atoms with Crippen molar-refractivity contribution in [3.05, 3.63) is 35.4 Å². The Labute approximate surface area is 157 Å². The van der Waals surface area contributed by atoms with Gasteiger partial charge in [-0.2, -0.15) is 0 Å². The summed E-state index contributed by atoms with van der Waals surface area (Å²) in [6.07, 6.45) is 7.09. The largest absolute Gasteiger partial charge is 0.353 e. The Morgan fingerprint density at radius 3 is 2.58 bits per heavy atom. The SMILES string of the molecule is Cc1ccccc1CN1CCC(N2CCC[C@H](C(=O)NC3CC3)C2)CC1. The molecule has 1 atom stereocenters. The molecule has 0 spiro atoms. The van der Waals surface area contributed by atoms with Gasteiger partial charge in [0.1, 0.15) is 0 Å². The summed E-state index contributed by atoms with van der Waals surface area (Å²) in [7, 11) is 0. The van der Waals surface area contributed by atoms with Gasteiger partial charge in [0.25, 0.3) is 0 Å². The zero-order chi connectivity index (χ0) is 17.9. The number of nitrogens with zero attached hydrogens (tertiary/aromatic N) is 2. The number of aryl methyl sites for hydroxylation is 1. The smallest absolute Gasteiger partial charge is 0.224 e. The highest BCUT2D eigenvalue weighted by atomic mass is 16.2. The van der Waals surface area contributed by atoms with Crippen LogP contribution in [0.5, 0.6) is 0 Å². The topological polar surface area (TPSA) is 35.6 Å². The lowest BCUT2D eigenvalue weighted by atomic mass is 9.93. The van der Waals surface area contributed by atoms with E-state index in [1.54, 1.807) is 0 Å². The standard InChI is InChI=1S/C22H33N3O/c1-17-5-2-3-6-18(17)15-24-13-10-21(11-14-24)25-12-4-7-19(16-25)22(26)23-20-8-9-20/h2-3,5-6,19-21H,4,7-16H2,1H3,(H,23,26)/t19-/m0/s1. The molecule has 0 bridgehead atoms. The molecule has 2 aliphatic heterocycles. The third kappa shape index (κ3) is 4.47. The van der Waals surface area contributed by atoms with E-state index in [4.69, 9.17) is 0 Å². The third-order valence-corrected chi connectivity index (χ3v) is 6.48. The molecule has 3 aliphatic rings. The Balaban J connectivity index is 1.26. The van der Waals surface area contributed by atoms with E-state index >= 15 is 0 Å². The predicted octanol–water partition coefficient (Wildman–Crippen LogP) is 2.95. The summed E-state index contributed by atoms with van der Waals surface area (Å²) >= 11 is 0. The Morgan fingerprint density at radius 2 is 1.85 bits per heavy atom. The molecule has 1 aromatic carbocycles. The van der Waals surface area contributed by atoms with Crippen LogP contribution in [0.3, 0.4) is 0 Å². The Morgan fingerprint density at radius 1 is 1.08 bits per heavy atom. The maximum atomic E-state index is 12.4. The highest BCUT2D eigenvalue weighted by Gasteiger charge is 2.33. The summed E-state index contributed by atoms with van der Waals surface area (Å²) in [6.45, 7) is 7.79. The maximum Gasteiger partial charge on any atom is 0.224 e. The Hall–Kier alpha value is -1.39. The van der Waals surface area contributed by atoms with Gasteiger partial charge < -0.3 is 5.32 Å². The average Bonchev–Trinajstić information content (AvgIpc) is 3.48. The van der Waals surface area contributed by atoms with Gasteiger partial charge in [0.15, 0.2) is 0 Å². The molecular formula is C22H33N3O. The van der Waals surface area contributed by atoms with Crippen LogP contribution in [0.2, 0.25) is 0 Å². The van der Waals surface area contributed by atoms with Gasteiger partial charge >= 0.3 is 0 Å². The fourth-order valence-electron chi connectivity index (χ4n) is 4.57. The van der Waals surface area contributed by atoms with E-state index in [0.29, 0.717) is 18.0 Å². The molecule has 1 aliphatic carbocycles. The molecule has 1 N–H and O–H groups in total. The van der Waals surface area contributed by atoms with Crippen LogP contribution < -0.4 is 5.32 Å². The van der Waals surface area contributed by atoms with Crippen molar-refractivity contribution < 1.29 is 4.79 Å². The first kappa shape index (κ1) is 18.0. The second-order valence-corrected chi connectivity index (χ2v) is 8.55. The predicted molar refractivity (Wildman–Crippen MR) is 105 cm³/mol. The van der Waals surface area contributed by atoms with Crippen LogP contribution in [-0.4, -0.2) is 54.0 Å². The van der Waals surface area contributed by atoms with Crippen LogP contribution in [0.15, 0.2) is 24.3 Å². The van der Waals surface area contributed by atoms with E-state index in [9.17, 15) is 4.79 Å². The van der Waals surface area contributed by atoms with Gasteiger partial charge in [-0.15, -0.1) is 0 Å². The number of amides is 1. The molecule has 3 fully saturated rings. The van der Waals surface area contributed by atoms with Crippen LogP contribution in [0.25, 0.3) is 0 Å². The van der Waals surface area contributed by atoms with Gasteiger partial charge in [0.2, 0.25) is 5.91 Å². The van der Waals surface area contributed by atoms with Crippen molar-refractivity contribution in [1.82, 2.24) is 15.1 Å². The van der Waals surface area contributed by atoms with Crippen molar-refractivity contribution in [2.45, 2.75) is 64.1 Å². The lowest BCUT2D eigenvalue weighted by Gasteiger charge is -2.42. The van der Waals surface area contributed by atoms with E-state index in [-0.39, 0.29) is 5.92 Å². The van der Waals surface area contributed by atoms with Crippen molar-refractivity contribution in [1.29, 1.82) is 0 Å². The third-order valence-electron chi connectivity index (χ3n) is 6.48. The maximum absolute atomic E-state index is 12.4. The fourth-order valence-corrected chi connectivity index (χ4v) is 4.57. The summed E-state index contributed by atoms with van der Waals surface area (Å²) in [5.74, 6) is 0.531. The lowest BCUT2D eigenvalue weighted by molar-refractivity contribution is -0.127. The molecule has 0 radical (unpaired) electrons. The van der Waals surface area contributed by atoms with Crippen molar-refractivity contribution in [2.75, 3.05) is 26.2 Å². The van der Waals surface area contributed by atoms with Gasteiger partial charge in [-0.05, 0) is 76.2 Å². The number of likely N-dealkylation sites (tertiary alicyclic amines) is 2. The molecule has 2 saturated heterocycles. The highest BCUT2D eigenvalue weighted by molar-refractivity contribution is 5.79. The molecular weight excluding hydrogens is 322 g/mol. The number of benzene rings is 1. The first-order valence-electron chi connectivity index (χ1n) is 10.5. The molecule has 4 heteroatoms. The van der Waals surface area contributed by atoms with Gasteiger partial charge in [-0.1, -0.05) is 24.3 Å². The number of nitrogens with one attached hydrogen (secondary N) is 1. The van der Waals surface area contributed by atoms with Crippen LogP contribution in [0.4, 0.5) is 0 Å². The van der Waals surface area contributed by atoms with Gasteiger partial charge in [-0.25, -0.2) is 0 Å². The summed E-state index contributed by atoms with van der Waals surface area (Å²) in [6, 6.07) is 9.90. The molecule has 4 rings (SSSR count). The lowest BCUT2D eigenvalue weighted by Crippen LogP contribution is -2.50. The summed E-state index contributed by atoms with van der Waals surface area (Å²) < 4.78 is 0. The minimum absolute atomic E-state index is 0.217. The minimum atomic E-state index is 0.217.